The van der Waals surface area contributed by atoms with Crippen LogP contribution in [0.5, 0.6) is 0 Å². The van der Waals surface area contributed by atoms with E-state index in [0.717, 1.165) is 5.56 Å². The third kappa shape index (κ3) is 1.75. The molecule has 0 bridgehead atoms. The molecule has 72 valence electrons. The lowest BCUT2D eigenvalue weighted by molar-refractivity contribution is -0.116. The lowest BCUT2D eigenvalue weighted by Crippen LogP contribution is -2.23. The number of carbonyl (C=O) groups is 1. The summed E-state index contributed by atoms with van der Waals surface area (Å²) in [6.07, 6.45) is 2.91. The number of aliphatic hydroxyl groups is 1. The highest BCUT2D eigenvalue weighted by Gasteiger charge is 2.24. The molecule has 0 amide bonds. The van der Waals surface area contributed by atoms with Gasteiger partial charge in [0.15, 0.2) is 5.78 Å². The van der Waals surface area contributed by atoms with Gasteiger partial charge < -0.3 is 5.11 Å². The van der Waals surface area contributed by atoms with E-state index in [1.807, 2.05) is 30.3 Å². The second-order valence-electron chi connectivity index (χ2n) is 3.54. The van der Waals surface area contributed by atoms with Crippen molar-refractivity contribution in [3.05, 3.63) is 48.0 Å². The van der Waals surface area contributed by atoms with E-state index in [0.29, 0.717) is 6.42 Å². The Morgan fingerprint density at radius 2 is 1.93 bits per heavy atom. The van der Waals surface area contributed by atoms with Crippen molar-refractivity contribution in [1.29, 1.82) is 0 Å². The van der Waals surface area contributed by atoms with Gasteiger partial charge in [-0.25, -0.2) is 0 Å². The fourth-order valence-electron chi connectivity index (χ4n) is 1.76. The number of rotatable bonds is 1. The van der Waals surface area contributed by atoms with Crippen LogP contribution in [0, 0.1) is 0 Å². The van der Waals surface area contributed by atoms with Crippen molar-refractivity contribution < 1.29 is 9.90 Å². The minimum absolute atomic E-state index is 0.0753. The predicted octanol–water partition coefficient (Wildman–Crippen LogP) is 1.66. The smallest absolute Gasteiger partial charge is 0.156 e. The first-order valence-corrected chi connectivity index (χ1v) is 4.71. The minimum atomic E-state index is -0.532. The van der Waals surface area contributed by atoms with Crippen molar-refractivity contribution in [2.75, 3.05) is 0 Å². The average Bonchev–Trinajstić information content (AvgIpc) is 2.23. The third-order valence-corrected chi connectivity index (χ3v) is 2.54. The summed E-state index contributed by atoms with van der Waals surface area (Å²) in [7, 11) is 0. The second-order valence-corrected chi connectivity index (χ2v) is 3.54. The van der Waals surface area contributed by atoms with Gasteiger partial charge in [0.05, 0.1) is 6.10 Å². The molecule has 0 spiro atoms. The van der Waals surface area contributed by atoms with Gasteiger partial charge in [-0.3, -0.25) is 4.79 Å². The van der Waals surface area contributed by atoms with Gasteiger partial charge in [-0.15, -0.1) is 0 Å². The fraction of sp³-hybridized carbons (Fsp3) is 0.250. The maximum absolute atomic E-state index is 11.2. The van der Waals surface area contributed by atoms with Gasteiger partial charge in [0.25, 0.3) is 0 Å². The molecule has 0 radical (unpaired) electrons. The Balaban J connectivity index is 2.27. The van der Waals surface area contributed by atoms with Crippen LogP contribution in [0.15, 0.2) is 42.5 Å². The third-order valence-electron chi connectivity index (χ3n) is 2.54. The molecule has 0 aliphatic heterocycles. The molecule has 0 heterocycles. The molecule has 0 fully saturated rings. The van der Waals surface area contributed by atoms with Crippen LogP contribution in [0.4, 0.5) is 0 Å². The molecular formula is C12H12O2. The van der Waals surface area contributed by atoms with E-state index in [9.17, 15) is 9.90 Å². The molecule has 0 unspecified atom stereocenters. The number of hydrogen-bond donors (Lipinski definition) is 1. The number of hydrogen-bond acceptors (Lipinski definition) is 2. The normalized spacial score (nSPS) is 26.5. The zero-order chi connectivity index (χ0) is 9.97. The van der Waals surface area contributed by atoms with Gasteiger partial charge in [0.2, 0.25) is 0 Å². The molecule has 1 aliphatic carbocycles. The van der Waals surface area contributed by atoms with E-state index < -0.39 is 6.10 Å². The van der Waals surface area contributed by atoms with Crippen LogP contribution in [0.3, 0.4) is 0 Å². The molecule has 1 N–H and O–H groups in total. The van der Waals surface area contributed by atoms with Gasteiger partial charge in [-0.2, -0.15) is 0 Å². The van der Waals surface area contributed by atoms with E-state index in [2.05, 4.69) is 0 Å². The van der Waals surface area contributed by atoms with Crippen LogP contribution in [-0.2, 0) is 4.79 Å². The molecule has 0 saturated heterocycles. The second kappa shape index (κ2) is 3.76. The number of allylic oxidation sites excluding steroid dienone is 1. The van der Waals surface area contributed by atoms with E-state index >= 15 is 0 Å². The summed E-state index contributed by atoms with van der Waals surface area (Å²) < 4.78 is 0. The van der Waals surface area contributed by atoms with Crippen LogP contribution in [0.25, 0.3) is 0 Å². The number of carbonyl (C=O) groups excluding carboxylic acids is 1. The highest BCUT2D eigenvalue weighted by atomic mass is 16.3. The predicted molar refractivity (Wildman–Crippen MR) is 54.0 cm³/mol. The van der Waals surface area contributed by atoms with Gasteiger partial charge >= 0.3 is 0 Å². The van der Waals surface area contributed by atoms with Gasteiger partial charge in [-0.1, -0.05) is 36.4 Å². The standard InChI is InChI=1S/C12H12O2/c13-10-6-7-12(14)11(8-10)9-4-2-1-3-5-9/h1-7,11-12,14H,8H2/t11-,12+/m1/s1. The van der Waals surface area contributed by atoms with Crippen molar-refractivity contribution in [2.24, 2.45) is 0 Å². The van der Waals surface area contributed by atoms with Crippen LogP contribution in [0.2, 0.25) is 0 Å². The van der Waals surface area contributed by atoms with Crippen LogP contribution >= 0.6 is 0 Å². The Kier molecular flexibility index (Phi) is 2.46. The minimum Gasteiger partial charge on any atom is -0.388 e. The Bertz CT molecular complexity index is 354. The molecule has 2 rings (SSSR count). The molecular weight excluding hydrogens is 176 g/mol. The molecule has 2 nitrogen and oxygen atoms in total. The van der Waals surface area contributed by atoms with E-state index in [1.54, 1.807) is 6.08 Å². The fourth-order valence-corrected chi connectivity index (χ4v) is 1.76. The van der Waals surface area contributed by atoms with E-state index in [-0.39, 0.29) is 11.7 Å². The summed E-state index contributed by atoms with van der Waals surface area (Å²) in [6.45, 7) is 0. The Morgan fingerprint density at radius 3 is 2.64 bits per heavy atom. The monoisotopic (exact) mass is 188 g/mol. The lowest BCUT2D eigenvalue weighted by atomic mass is 9.85. The number of aliphatic hydroxyl groups excluding tert-OH is 1. The lowest BCUT2D eigenvalue weighted by Gasteiger charge is -2.22. The van der Waals surface area contributed by atoms with Crippen molar-refractivity contribution in [3.63, 3.8) is 0 Å². The summed E-state index contributed by atoms with van der Waals surface area (Å²) >= 11 is 0. The molecule has 14 heavy (non-hydrogen) atoms. The highest BCUT2D eigenvalue weighted by molar-refractivity contribution is 5.91. The zero-order valence-electron chi connectivity index (χ0n) is 7.76. The average molecular weight is 188 g/mol. The van der Waals surface area contributed by atoms with Crippen LogP contribution < -0.4 is 0 Å². The first kappa shape index (κ1) is 9.16. The Labute approximate surface area is 82.9 Å². The molecule has 1 aliphatic rings. The SMILES string of the molecule is O=C1C=C[C@H](O)[C@@H](c2ccccc2)C1. The molecule has 1 aromatic carbocycles. The van der Waals surface area contributed by atoms with Crippen molar-refractivity contribution in [2.45, 2.75) is 18.4 Å². The quantitative estimate of drug-likeness (QED) is 0.727. The first-order valence-electron chi connectivity index (χ1n) is 4.71. The van der Waals surface area contributed by atoms with Gasteiger partial charge in [0.1, 0.15) is 0 Å². The van der Waals surface area contributed by atoms with Gasteiger partial charge in [0, 0.05) is 12.3 Å². The van der Waals surface area contributed by atoms with Crippen molar-refractivity contribution in [3.8, 4) is 0 Å². The summed E-state index contributed by atoms with van der Waals surface area (Å²) in [5, 5.41) is 9.70. The number of benzene rings is 1. The highest BCUT2D eigenvalue weighted by Crippen LogP contribution is 2.27. The van der Waals surface area contributed by atoms with Crippen molar-refractivity contribution >= 4 is 5.78 Å². The molecule has 0 saturated carbocycles. The van der Waals surface area contributed by atoms with E-state index in [4.69, 9.17) is 0 Å². The molecule has 2 atom stereocenters. The van der Waals surface area contributed by atoms with Crippen LogP contribution in [0.1, 0.15) is 17.9 Å². The van der Waals surface area contributed by atoms with Crippen LogP contribution in [-0.4, -0.2) is 17.0 Å². The topological polar surface area (TPSA) is 37.3 Å². The zero-order valence-corrected chi connectivity index (χ0v) is 7.76. The Morgan fingerprint density at radius 1 is 1.21 bits per heavy atom. The summed E-state index contributed by atoms with van der Waals surface area (Å²) in [5.74, 6) is 0.0119. The molecule has 0 aromatic heterocycles. The molecule has 2 heteroatoms. The summed E-state index contributed by atoms with van der Waals surface area (Å²) in [5.41, 5.74) is 1.03. The van der Waals surface area contributed by atoms with Gasteiger partial charge in [-0.05, 0) is 11.6 Å². The first-order chi connectivity index (χ1) is 6.77. The largest absolute Gasteiger partial charge is 0.388 e. The molecule has 1 aromatic rings. The maximum atomic E-state index is 11.2. The summed E-state index contributed by atoms with van der Waals surface area (Å²) in [6, 6.07) is 9.66. The maximum Gasteiger partial charge on any atom is 0.156 e. The van der Waals surface area contributed by atoms with Crippen molar-refractivity contribution in [1.82, 2.24) is 0 Å². The number of ketones is 1. The Hall–Kier alpha value is -1.41. The summed E-state index contributed by atoms with van der Waals surface area (Å²) in [4.78, 5) is 11.2. The van der Waals surface area contributed by atoms with E-state index in [1.165, 1.54) is 6.08 Å².